The van der Waals surface area contributed by atoms with Gasteiger partial charge in [0.1, 0.15) is 0 Å². The van der Waals surface area contributed by atoms with Crippen molar-refractivity contribution in [1.29, 1.82) is 0 Å². The lowest BCUT2D eigenvalue weighted by Crippen LogP contribution is -2.32. The van der Waals surface area contributed by atoms with Crippen LogP contribution in [0.4, 0.5) is 0 Å². The van der Waals surface area contributed by atoms with E-state index in [-0.39, 0.29) is 0 Å². The summed E-state index contributed by atoms with van der Waals surface area (Å²) in [7, 11) is 0. The number of aromatic nitrogens is 2. The molecule has 2 heterocycles. The van der Waals surface area contributed by atoms with E-state index in [2.05, 4.69) is 15.7 Å². The second-order valence-electron chi connectivity index (χ2n) is 4.10. The molecule has 1 fully saturated rings. The van der Waals surface area contributed by atoms with Crippen molar-refractivity contribution in [3.05, 3.63) is 18.5 Å². The van der Waals surface area contributed by atoms with Gasteiger partial charge in [-0.05, 0) is 38.4 Å². The molecule has 2 N–H and O–H groups in total. The Morgan fingerprint density at radius 3 is 3.27 bits per heavy atom. The fraction of sp³-hybridized carbons (Fsp3) is 0.727. The molecule has 0 amide bonds. The Kier molecular flexibility index (Phi) is 4.17. The van der Waals surface area contributed by atoms with Crippen LogP contribution in [0.25, 0.3) is 0 Å². The number of rotatable bonds is 4. The Hall–Kier alpha value is -0.870. The van der Waals surface area contributed by atoms with Crippen molar-refractivity contribution in [2.75, 3.05) is 19.6 Å². The van der Waals surface area contributed by atoms with Crippen molar-refractivity contribution >= 4 is 0 Å². The van der Waals surface area contributed by atoms with Crippen molar-refractivity contribution in [3.63, 3.8) is 0 Å². The summed E-state index contributed by atoms with van der Waals surface area (Å²) in [5.41, 5.74) is 0. The van der Waals surface area contributed by atoms with Crippen LogP contribution in [0.1, 0.15) is 19.3 Å². The SMILES string of the molecule is c1cnn(CCNC2CCCNCC2)c1. The molecule has 0 saturated carbocycles. The molecule has 0 bridgehead atoms. The van der Waals surface area contributed by atoms with E-state index in [1.54, 1.807) is 0 Å². The summed E-state index contributed by atoms with van der Waals surface area (Å²) in [6.07, 6.45) is 7.68. The Morgan fingerprint density at radius 1 is 1.40 bits per heavy atom. The van der Waals surface area contributed by atoms with Gasteiger partial charge in [0.15, 0.2) is 0 Å². The molecule has 1 unspecified atom stereocenters. The summed E-state index contributed by atoms with van der Waals surface area (Å²) < 4.78 is 1.97. The monoisotopic (exact) mass is 208 g/mol. The van der Waals surface area contributed by atoms with Gasteiger partial charge in [0.05, 0.1) is 6.54 Å². The van der Waals surface area contributed by atoms with Gasteiger partial charge >= 0.3 is 0 Å². The standard InChI is InChI=1S/C11H20N4/c1-3-11(4-7-12-5-1)13-8-10-15-9-2-6-14-15/h2,6,9,11-13H,1,3-5,7-8,10H2. The van der Waals surface area contributed by atoms with E-state index >= 15 is 0 Å². The molecular formula is C11H20N4. The van der Waals surface area contributed by atoms with Gasteiger partial charge in [-0.1, -0.05) is 0 Å². The molecule has 1 aromatic heterocycles. The molecule has 0 aliphatic carbocycles. The van der Waals surface area contributed by atoms with Crippen molar-refractivity contribution in [1.82, 2.24) is 20.4 Å². The summed E-state index contributed by atoms with van der Waals surface area (Å²) in [4.78, 5) is 0. The molecule has 1 aromatic rings. The second-order valence-corrected chi connectivity index (χ2v) is 4.10. The van der Waals surface area contributed by atoms with Gasteiger partial charge in [0, 0.05) is 25.0 Å². The molecule has 84 valence electrons. The minimum absolute atomic E-state index is 0.690. The minimum Gasteiger partial charge on any atom is -0.317 e. The molecule has 15 heavy (non-hydrogen) atoms. The Morgan fingerprint density at radius 2 is 2.40 bits per heavy atom. The Labute approximate surface area is 91.1 Å². The quantitative estimate of drug-likeness (QED) is 0.762. The first kappa shape index (κ1) is 10.6. The molecule has 1 aliphatic heterocycles. The molecule has 1 atom stereocenters. The smallest absolute Gasteiger partial charge is 0.0534 e. The van der Waals surface area contributed by atoms with Crippen LogP contribution in [-0.4, -0.2) is 35.5 Å². The average molecular weight is 208 g/mol. The molecule has 4 nitrogen and oxygen atoms in total. The third-order valence-electron chi connectivity index (χ3n) is 2.91. The summed E-state index contributed by atoms with van der Waals surface area (Å²) in [5.74, 6) is 0. The maximum Gasteiger partial charge on any atom is 0.0534 e. The molecule has 2 rings (SSSR count). The van der Waals surface area contributed by atoms with Crippen LogP contribution in [0.5, 0.6) is 0 Å². The number of nitrogens with zero attached hydrogens (tertiary/aromatic N) is 2. The maximum absolute atomic E-state index is 4.18. The maximum atomic E-state index is 4.18. The molecule has 4 heteroatoms. The zero-order valence-corrected chi connectivity index (χ0v) is 9.15. The first-order valence-corrected chi connectivity index (χ1v) is 5.87. The van der Waals surface area contributed by atoms with Gasteiger partial charge in [0.2, 0.25) is 0 Å². The summed E-state index contributed by atoms with van der Waals surface area (Å²) in [6, 6.07) is 2.66. The summed E-state index contributed by atoms with van der Waals surface area (Å²) >= 11 is 0. The van der Waals surface area contributed by atoms with E-state index in [1.807, 2.05) is 23.1 Å². The van der Waals surface area contributed by atoms with E-state index in [1.165, 1.54) is 25.8 Å². The van der Waals surface area contributed by atoms with Gasteiger partial charge in [-0.2, -0.15) is 5.10 Å². The van der Waals surface area contributed by atoms with Crippen LogP contribution >= 0.6 is 0 Å². The van der Waals surface area contributed by atoms with E-state index in [0.717, 1.165) is 19.6 Å². The van der Waals surface area contributed by atoms with Crippen LogP contribution < -0.4 is 10.6 Å². The van der Waals surface area contributed by atoms with Gasteiger partial charge in [0.25, 0.3) is 0 Å². The predicted octanol–water partition coefficient (Wildman–Crippen LogP) is 0.615. The molecule has 1 aliphatic rings. The first-order valence-electron chi connectivity index (χ1n) is 5.87. The van der Waals surface area contributed by atoms with Crippen molar-refractivity contribution < 1.29 is 0 Å². The fourth-order valence-electron chi connectivity index (χ4n) is 2.04. The van der Waals surface area contributed by atoms with Crippen molar-refractivity contribution in [3.8, 4) is 0 Å². The number of hydrogen-bond acceptors (Lipinski definition) is 3. The van der Waals surface area contributed by atoms with E-state index in [9.17, 15) is 0 Å². The fourth-order valence-corrected chi connectivity index (χ4v) is 2.04. The highest BCUT2D eigenvalue weighted by Gasteiger charge is 2.10. The second kappa shape index (κ2) is 5.88. The minimum atomic E-state index is 0.690. The van der Waals surface area contributed by atoms with E-state index in [4.69, 9.17) is 0 Å². The number of hydrogen-bond donors (Lipinski definition) is 2. The van der Waals surface area contributed by atoms with Crippen LogP contribution in [0, 0.1) is 0 Å². The van der Waals surface area contributed by atoms with Gasteiger partial charge in [-0.15, -0.1) is 0 Å². The largest absolute Gasteiger partial charge is 0.317 e. The lowest BCUT2D eigenvalue weighted by Gasteiger charge is -2.15. The highest BCUT2D eigenvalue weighted by molar-refractivity contribution is 4.78. The molecule has 0 aromatic carbocycles. The van der Waals surface area contributed by atoms with Crippen LogP contribution in [-0.2, 0) is 6.54 Å². The normalized spacial score (nSPS) is 22.5. The highest BCUT2D eigenvalue weighted by Crippen LogP contribution is 2.04. The molecular weight excluding hydrogens is 188 g/mol. The zero-order chi connectivity index (χ0) is 10.3. The van der Waals surface area contributed by atoms with Crippen LogP contribution in [0.15, 0.2) is 18.5 Å². The topological polar surface area (TPSA) is 41.9 Å². The lowest BCUT2D eigenvalue weighted by atomic mass is 10.1. The van der Waals surface area contributed by atoms with E-state index in [0.29, 0.717) is 6.04 Å². The Bertz CT molecular complexity index is 250. The van der Waals surface area contributed by atoms with Gasteiger partial charge in [-0.3, -0.25) is 4.68 Å². The van der Waals surface area contributed by atoms with Gasteiger partial charge < -0.3 is 10.6 Å². The number of nitrogens with one attached hydrogen (secondary N) is 2. The zero-order valence-electron chi connectivity index (χ0n) is 9.15. The lowest BCUT2D eigenvalue weighted by molar-refractivity contribution is 0.443. The molecule has 0 spiro atoms. The Balaban J connectivity index is 1.64. The third-order valence-corrected chi connectivity index (χ3v) is 2.91. The average Bonchev–Trinajstić information content (AvgIpc) is 2.62. The first-order chi connectivity index (χ1) is 7.45. The predicted molar refractivity (Wildman–Crippen MR) is 60.7 cm³/mol. The van der Waals surface area contributed by atoms with Crippen molar-refractivity contribution in [2.24, 2.45) is 0 Å². The van der Waals surface area contributed by atoms with E-state index < -0.39 is 0 Å². The van der Waals surface area contributed by atoms with Crippen LogP contribution in [0.3, 0.4) is 0 Å². The summed E-state index contributed by atoms with van der Waals surface area (Å²) in [6.45, 7) is 4.32. The van der Waals surface area contributed by atoms with Gasteiger partial charge in [-0.25, -0.2) is 0 Å². The van der Waals surface area contributed by atoms with Crippen LogP contribution in [0.2, 0.25) is 0 Å². The molecule has 1 saturated heterocycles. The molecule has 0 radical (unpaired) electrons. The highest BCUT2D eigenvalue weighted by atomic mass is 15.3. The van der Waals surface area contributed by atoms with Crippen molar-refractivity contribution in [2.45, 2.75) is 31.8 Å². The summed E-state index contributed by atoms with van der Waals surface area (Å²) in [5, 5.41) is 11.2. The third kappa shape index (κ3) is 3.64.